The lowest BCUT2D eigenvalue weighted by molar-refractivity contribution is -0.122. The summed E-state index contributed by atoms with van der Waals surface area (Å²) in [5, 5.41) is 6.08. The van der Waals surface area contributed by atoms with E-state index >= 15 is 0 Å². The zero-order valence-corrected chi connectivity index (χ0v) is 14.5. The Morgan fingerprint density at radius 1 is 1.04 bits per heavy atom. The van der Waals surface area contributed by atoms with Gasteiger partial charge in [-0.05, 0) is 61.9 Å². The third-order valence-corrected chi connectivity index (χ3v) is 3.71. The Morgan fingerprint density at radius 2 is 1.62 bits per heavy atom. The van der Waals surface area contributed by atoms with E-state index in [2.05, 4.69) is 10.6 Å². The average molecular weight is 347 g/mol. The smallest absolute Gasteiger partial charge is 0.265 e. The number of rotatable bonds is 5. The van der Waals surface area contributed by atoms with Gasteiger partial charge in [0.1, 0.15) is 5.75 Å². The Morgan fingerprint density at radius 3 is 2.17 bits per heavy atom. The van der Waals surface area contributed by atoms with Crippen molar-refractivity contribution in [2.75, 3.05) is 10.6 Å². The highest BCUT2D eigenvalue weighted by Gasteiger charge is 2.15. The summed E-state index contributed by atoms with van der Waals surface area (Å²) in [6.45, 7) is 4.98. The van der Waals surface area contributed by atoms with Gasteiger partial charge in [-0.15, -0.1) is 0 Å². The molecule has 0 aliphatic rings. The van der Waals surface area contributed by atoms with Crippen molar-refractivity contribution in [2.24, 2.45) is 0 Å². The fraction of sp³-hybridized carbons (Fsp3) is 0.222. The molecule has 0 saturated carbocycles. The average Bonchev–Trinajstić information content (AvgIpc) is 2.52. The lowest BCUT2D eigenvalue weighted by Crippen LogP contribution is -2.30. The molecule has 126 valence electrons. The van der Waals surface area contributed by atoms with Crippen molar-refractivity contribution in [2.45, 2.75) is 26.9 Å². The molecule has 0 aliphatic carbocycles. The highest BCUT2D eigenvalue weighted by Crippen LogP contribution is 2.22. The molecule has 0 aromatic heterocycles. The van der Waals surface area contributed by atoms with Gasteiger partial charge in [0, 0.05) is 23.3 Å². The van der Waals surface area contributed by atoms with Crippen LogP contribution in [0, 0.1) is 6.92 Å². The first kappa shape index (κ1) is 17.8. The maximum absolute atomic E-state index is 12.2. The molecule has 0 saturated heterocycles. The summed E-state index contributed by atoms with van der Waals surface area (Å²) in [7, 11) is 0. The first-order chi connectivity index (χ1) is 11.3. The molecular weight excluding hydrogens is 328 g/mol. The monoisotopic (exact) mass is 346 g/mol. The summed E-state index contributed by atoms with van der Waals surface area (Å²) in [5.41, 5.74) is 2.17. The Labute approximate surface area is 146 Å². The van der Waals surface area contributed by atoms with Crippen molar-refractivity contribution in [1.82, 2.24) is 0 Å². The fourth-order valence-corrected chi connectivity index (χ4v) is 2.15. The molecule has 2 rings (SSSR count). The van der Waals surface area contributed by atoms with Gasteiger partial charge in [0.2, 0.25) is 5.91 Å². The number of ether oxygens (including phenoxy) is 1. The van der Waals surface area contributed by atoms with Gasteiger partial charge in [-0.25, -0.2) is 0 Å². The molecule has 24 heavy (non-hydrogen) atoms. The van der Waals surface area contributed by atoms with Gasteiger partial charge in [0.05, 0.1) is 0 Å². The Bertz CT molecular complexity index is 744. The summed E-state index contributed by atoms with van der Waals surface area (Å²) < 4.78 is 5.63. The van der Waals surface area contributed by atoms with E-state index in [1.807, 2.05) is 6.92 Å². The topological polar surface area (TPSA) is 67.4 Å². The Balaban J connectivity index is 1.95. The van der Waals surface area contributed by atoms with Crippen LogP contribution < -0.4 is 15.4 Å². The summed E-state index contributed by atoms with van der Waals surface area (Å²) in [6, 6.07) is 12.1. The molecule has 2 aromatic rings. The van der Waals surface area contributed by atoms with Crippen molar-refractivity contribution in [3.8, 4) is 5.75 Å². The van der Waals surface area contributed by atoms with Crippen molar-refractivity contribution in [1.29, 1.82) is 0 Å². The van der Waals surface area contributed by atoms with Crippen molar-refractivity contribution in [3.05, 3.63) is 53.1 Å². The van der Waals surface area contributed by atoms with Gasteiger partial charge in [0.25, 0.3) is 5.91 Å². The predicted octanol–water partition coefficient (Wildman–Crippen LogP) is 4.01. The van der Waals surface area contributed by atoms with E-state index in [4.69, 9.17) is 16.3 Å². The number of halogens is 1. The number of hydrogen-bond acceptors (Lipinski definition) is 3. The van der Waals surface area contributed by atoms with Crippen LogP contribution in [0.3, 0.4) is 0 Å². The standard InChI is InChI=1S/C18H19ClN2O3/c1-11-10-16(8-9-17(11)19)24-12(2)18(23)21-15-6-4-14(5-7-15)20-13(3)22/h4-10,12H,1-3H3,(H,20,22)(H,21,23)/t12-/m1/s1. The molecule has 0 unspecified atom stereocenters. The van der Waals surface area contributed by atoms with E-state index in [-0.39, 0.29) is 11.8 Å². The minimum absolute atomic E-state index is 0.146. The summed E-state index contributed by atoms with van der Waals surface area (Å²) in [5.74, 6) is 0.169. The van der Waals surface area contributed by atoms with E-state index < -0.39 is 6.10 Å². The van der Waals surface area contributed by atoms with Crippen LogP contribution >= 0.6 is 11.6 Å². The molecule has 0 fully saturated rings. The minimum Gasteiger partial charge on any atom is -0.481 e. The second kappa shape index (κ2) is 7.84. The molecular formula is C18H19ClN2O3. The van der Waals surface area contributed by atoms with Gasteiger partial charge in [-0.3, -0.25) is 9.59 Å². The fourth-order valence-electron chi connectivity index (χ4n) is 2.03. The normalized spacial score (nSPS) is 11.5. The van der Waals surface area contributed by atoms with E-state index in [1.165, 1.54) is 6.92 Å². The van der Waals surface area contributed by atoms with E-state index in [0.29, 0.717) is 22.1 Å². The van der Waals surface area contributed by atoms with Crippen LogP contribution in [0.2, 0.25) is 5.02 Å². The van der Waals surface area contributed by atoms with Crippen molar-refractivity contribution >= 4 is 34.8 Å². The van der Waals surface area contributed by atoms with E-state index in [1.54, 1.807) is 49.4 Å². The van der Waals surface area contributed by atoms with E-state index in [9.17, 15) is 9.59 Å². The molecule has 0 heterocycles. The van der Waals surface area contributed by atoms with Crippen LogP contribution in [0.4, 0.5) is 11.4 Å². The number of carbonyl (C=O) groups excluding carboxylic acids is 2. The highest BCUT2D eigenvalue weighted by atomic mass is 35.5. The molecule has 1 atom stereocenters. The molecule has 0 bridgehead atoms. The largest absolute Gasteiger partial charge is 0.481 e. The zero-order chi connectivity index (χ0) is 17.7. The summed E-state index contributed by atoms with van der Waals surface area (Å²) in [6.07, 6.45) is -0.666. The number of amides is 2. The van der Waals surface area contributed by atoms with Gasteiger partial charge < -0.3 is 15.4 Å². The first-order valence-electron chi connectivity index (χ1n) is 7.46. The second-order valence-electron chi connectivity index (χ2n) is 5.42. The molecule has 6 heteroatoms. The number of benzene rings is 2. The van der Waals surface area contributed by atoms with Crippen molar-refractivity contribution in [3.63, 3.8) is 0 Å². The van der Waals surface area contributed by atoms with Crippen LogP contribution in [0.5, 0.6) is 5.75 Å². The minimum atomic E-state index is -0.666. The molecule has 0 radical (unpaired) electrons. The number of aryl methyl sites for hydroxylation is 1. The van der Waals surface area contributed by atoms with Crippen LogP contribution in [-0.2, 0) is 9.59 Å². The zero-order valence-electron chi connectivity index (χ0n) is 13.7. The summed E-state index contributed by atoms with van der Waals surface area (Å²) >= 11 is 5.97. The SMILES string of the molecule is CC(=O)Nc1ccc(NC(=O)[C@@H](C)Oc2ccc(Cl)c(C)c2)cc1. The van der Waals surface area contributed by atoms with Crippen LogP contribution in [0.25, 0.3) is 0 Å². The van der Waals surface area contributed by atoms with E-state index in [0.717, 1.165) is 5.56 Å². The predicted molar refractivity (Wildman–Crippen MR) is 95.7 cm³/mol. The molecule has 0 spiro atoms. The third-order valence-electron chi connectivity index (χ3n) is 3.28. The van der Waals surface area contributed by atoms with Crippen LogP contribution in [0.1, 0.15) is 19.4 Å². The first-order valence-corrected chi connectivity index (χ1v) is 7.84. The number of carbonyl (C=O) groups is 2. The molecule has 5 nitrogen and oxygen atoms in total. The maximum Gasteiger partial charge on any atom is 0.265 e. The number of anilines is 2. The Hall–Kier alpha value is -2.53. The molecule has 2 aromatic carbocycles. The quantitative estimate of drug-likeness (QED) is 0.859. The van der Waals surface area contributed by atoms with Crippen LogP contribution in [-0.4, -0.2) is 17.9 Å². The lowest BCUT2D eigenvalue weighted by atomic mass is 10.2. The summed E-state index contributed by atoms with van der Waals surface area (Å²) in [4.78, 5) is 23.2. The van der Waals surface area contributed by atoms with Gasteiger partial charge >= 0.3 is 0 Å². The Kier molecular flexibility index (Phi) is 5.82. The van der Waals surface area contributed by atoms with Gasteiger partial charge in [-0.1, -0.05) is 11.6 Å². The number of hydrogen-bond donors (Lipinski definition) is 2. The van der Waals surface area contributed by atoms with Crippen LogP contribution in [0.15, 0.2) is 42.5 Å². The molecule has 0 aliphatic heterocycles. The third kappa shape index (κ3) is 4.99. The highest BCUT2D eigenvalue weighted by molar-refractivity contribution is 6.31. The molecule has 2 amide bonds. The van der Waals surface area contributed by atoms with Crippen molar-refractivity contribution < 1.29 is 14.3 Å². The molecule has 2 N–H and O–H groups in total. The lowest BCUT2D eigenvalue weighted by Gasteiger charge is -2.15. The maximum atomic E-state index is 12.2. The van der Waals surface area contributed by atoms with Gasteiger partial charge in [0.15, 0.2) is 6.10 Å². The second-order valence-corrected chi connectivity index (χ2v) is 5.83. The number of nitrogens with one attached hydrogen (secondary N) is 2. The van der Waals surface area contributed by atoms with Gasteiger partial charge in [-0.2, -0.15) is 0 Å².